The van der Waals surface area contributed by atoms with E-state index in [-0.39, 0.29) is 29.0 Å². The summed E-state index contributed by atoms with van der Waals surface area (Å²) in [4.78, 5) is 11.3. The number of hydrazone groups is 1. The van der Waals surface area contributed by atoms with E-state index in [1.807, 2.05) is 0 Å². The van der Waals surface area contributed by atoms with E-state index in [0.717, 1.165) is 11.6 Å². The third-order valence-corrected chi connectivity index (χ3v) is 3.28. The molecule has 0 aliphatic rings. The molecule has 2 rings (SSSR count). The molecule has 2 aromatic rings. The van der Waals surface area contributed by atoms with Crippen molar-refractivity contribution in [3.63, 3.8) is 0 Å². The summed E-state index contributed by atoms with van der Waals surface area (Å²) in [5.74, 6) is 4.04. The van der Waals surface area contributed by atoms with E-state index in [9.17, 15) is 13.2 Å². The van der Waals surface area contributed by atoms with Crippen LogP contribution in [-0.4, -0.2) is 28.3 Å². The van der Waals surface area contributed by atoms with E-state index in [0.29, 0.717) is 0 Å². The largest absolute Gasteiger partial charge is 0.457 e. The van der Waals surface area contributed by atoms with Crippen molar-refractivity contribution >= 4 is 29.0 Å². The van der Waals surface area contributed by atoms with Crippen LogP contribution in [-0.2, 0) is 0 Å². The Hall–Kier alpha value is -2.68. The van der Waals surface area contributed by atoms with Crippen molar-refractivity contribution in [1.29, 1.82) is 0 Å². The summed E-state index contributed by atoms with van der Waals surface area (Å²) in [5.41, 5.74) is -0.0284. The molecule has 0 atom stereocenters. The Kier molecular flexibility index (Phi) is 6.29. The number of nitrogens with zero attached hydrogens (tertiary/aromatic N) is 4. The van der Waals surface area contributed by atoms with E-state index >= 15 is 0 Å². The second-order valence-electron chi connectivity index (χ2n) is 4.82. The average molecular weight is 372 g/mol. The van der Waals surface area contributed by atoms with Gasteiger partial charge in [-0.25, -0.2) is 23.7 Å². The fourth-order valence-corrected chi connectivity index (χ4v) is 1.88. The van der Waals surface area contributed by atoms with Gasteiger partial charge in [-0.2, -0.15) is 9.49 Å². The minimum atomic E-state index is -2.81. The van der Waals surface area contributed by atoms with E-state index in [1.54, 1.807) is 6.92 Å². The Bertz CT molecular complexity index is 796. The van der Waals surface area contributed by atoms with E-state index < -0.39 is 18.0 Å². The van der Waals surface area contributed by atoms with E-state index in [1.165, 1.54) is 24.5 Å². The number of benzene rings is 1. The molecular formula is C15H13ClF3N5O. The highest BCUT2D eigenvalue weighted by Crippen LogP contribution is 2.30. The number of aryl methyl sites for hydroxylation is 1. The minimum Gasteiger partial charge on any atom is -0.457 e. The Labute approximate surface area is 146 Å². The van der Waals surface area contributed by atoms with Gasteiger partial charge in [0.25, 0.3) is 6.43 Å². The van der Waals surface area contributed by atoms with Crippen LogP contribution in [0, 0.1) is 6.92 Å². The molecule has 0 saturated heterocycles. The molecule has 2 N–H and O–H groups in total. The van der Waals surface area contributed by atoms with Gasteiger partial charge in [-0.15, -0.1) is 0 Å². The number of alkyl halides is 2. The van der Waals surface area contributed by atoms with Gasteiger partial charge in [0.1, 0.15) is 6.61 Å². The van der Waals surface area contributed by atoms with Gasteiger partial charge in [0.2, 0.25) is 5.97 Å². The Morgan fingerprint density at radius 2 is 2.00 bits per heavy atom. The highest BCUT2D eigenvalue weighted by Gasteiger charge is 2.15. The smallest absolute Gasteiger partial charge is 0.316 e. The van der Waals surface area contributed by atoms with Crippen LogP contribution in [0.15, 0.2) is 40.7 Å². The van der Waals surface area contributed by atoms with Gasteiger partial charge in [0.05, 0.1) is 5.69 Å². The molecule has 0 saturated carbocycles. The summed E-state index contributed by atoms with van der Waals surface area (Å²) in [7, 11) is 0. The molecule has 1 aromatic heterocycles. The highest BCUT2D eigenvalue weighted by atomic mass is 35.5. The van der Waals surface area contributed by atoms with Crippen molar-refractivity contribution in [2.24, 2.45) is 15.9 Å². The maximum atomic E-state index is 14.2. The van der Waals surface area contributed by atoms with Crippen LogP contribution in [0.4, 0.5) is 18.9 Å². The molecule has 0 fully saturated rings. The third-order valence-electron chi connectivity index (χ3n) is 2.93. The molecule has 132 valence electrons. The van der Waals surface area contributed by atoms with Crippen molar-refractivity contribution in [3.05, 3.63) is 46.7 Å². The van der Waals surface area contributed by atoms with Crippen LogP contribution in [0.2, 0.25) is 5.02 Å². The van der Waals surface area contributed by atoms with Gasteiger partial charge in [-0.1, -0.05) is 11.6 Å². The number of nitrogens with two attached hydrogens (primary N) is 1. The molecule has 0 amide bonds. The molecule has 10 heteroatoms. The van der Waals surface area contributed by atoms with Gasteiger partial charge in [0, 0.05) is 23.0 Å². The van der Waals surface area contributed by atoms with Crippen LogP contribution < -0.4 is 10.6 Å². The first-order valence-electron chi connectivity index (χ1n) is 6.91. The maximum Gasteiger partial charge on any atom is 0.316 e. The fourth-order valence-electron chi connectivity index (χ4n) is 1.68. The van der Waals surface area contributed by atoms with Gasteiger partial charge in [0.15, 0.2) is 5.71 Å². The highest BCUT2D eigenvalue weighted by molar-refractivity contribution is 6.39. The Morgan fingerprint density at radius 1 is 1.32 bits per heavy atom. The summed E-state index contributed by atoms with van der Waals surface area (Å²) in [5, 5.41) is 3.11. The molecule has 1 aromatic carbocycles. The van der Waals surface area contributed by atoms with Crippen LogP contribution >= 0.6 is 11.6 Å². The molecule has 0 unspecified atom stereocenters. The van der Waals surface area contributed by atoms with E-state index in [4.69, 9.17) is 22.2 Å². The van der Waals surface area contributed by atoms with Gasteiger partial charge >= 0.3 is 6.01 Å². The zero-order chi connectivity index (χ0) is 18.4. The topological polar surface area (TPSA) is 85.8 Å². The second kappa shape index (κ2) is 8.43. The lowest BCUT2D eigenvalue weighted by atomic mass is 10.2. The predicted octanol–water partition coefficient (Wildman–Crippen LogP) is 3.77. The van der Waals surface area contributed by atoms with Crippen molar-refractivity contribution in [2.45, 2.75) is 13.3 Å². The first-order chi connectivity index (χ1) is 11.9. The lowest BCUT2D eigenvalue weighted by molar-refractivity contribution is 0.151. The molecule has 0 spiro atoms. The molecule has 0 bridgehead atoms. The minimum absolute atomic E-state index is 0.00558. The lowest BCUT2D eigenvalue weighted by Crippen LogP contribution is -2.21. The van der Waals surface area contributed by atoms with Gasteiger partial charge in [-0.05, 0) is 30.7 Å². The molecular weight excluding hydrogens is 359 g/mol. The zero-order valence-corrected chi connectivity index (χ0v) is 13.7. The zero-order valence-electron chi connectivity index (χ0n) is 13.0. The number of hydrogen-bond donors (Lipinski definition) is 1. The van der Waals surface area contributed by atoms with Gasteiger partial charge in [-0.3, -0.25) is 0 Å². The average Bonchev–Trinajstić information content (AvgIpc) is 2.58. The lowest BCUT2D eigenvalue weighted by Gasteiger charge is -2.06. The quantitative estimate of drug-likeness (QED) is 0.476. The number of aliphatic imine (C=N–C) groups is 1. The molecule has 1 heterocycles. The summed E-state index contributed by atoms with van der Waals surface area (Å²) < 4.78 is 44.9. The number of rotatable bonds is 6. The summed E-state index contributed by atoms with van der Waals surface area (Å²) >= 11 is 5.65. The van der Waals surface area contributed by atoms with Crippen molar-refractivity contribution < 1.29 is 17.9 Å². The van der Waals surface area contributed by atoms with Crippen LogP contribution in [0.1, 0.15) is 17.6 Å². The van der Waals surface area contributed by atoms with Crippen molar-refractivity contribution in [2.75, 3.05) is 6.61 Å². The number of halogens is 4. The maximum absolute atomic E-state index is 14.2. The standard InChI is InChI=1S/C15H13ClF3N5O/c1-8-5-21-15(22-6-8)25-7-12(24-20)14(19)23-9-2-3-11(16)10(4-9)13(17)18/h2-6,13H,7,20H2,1H3. The van der Waals surface area contributed by atoms with E-state index in [2.05, 4.69) is 20.1 Å². The molecule has 6 nitrogen and oxygen atoms in total. The van der Waals surface area contributed by atoms with Crippen molar-refractivity contribution in [1.82, 2.24) is 9.97 Å². The SMILES string of the molecule is Cc1cnc(OCC(=NN)C(F)=Nc2ccc(Cl)c(C(F)F)c2)nc1. The fraction of sp³-hybridized carbons (Fsp3) is 0.200. The monoisotopic (exact) mass is 371 g/mol. The second-order valence-corrected chi connectivity index (χ2v) is 5.22. The Balaban J connectivity index is 2.13. The first kappa shape index (κ1) is 18.7. The normalized spacial score (nSPS) is 12.6. The summed E-state index contributed by atoms with van der Waals surface area (Å²) in [6.07, 6.45) is 0.229. The molecule has 0 aliphatic heterocycles. The molecule has 25 heavy (non-hydrogen) atoms. The predicted molar refractivity (Wildman–Crippen MR) is 88.5 cm³/mol. The van der Waals surface area contributed by atoms with Crippen molar-refractivity contribution in [3.8, 4) is 6.01 Å². The summed E-state index contributed by atoms with van der Waals surface area (Å²) in [6.45, 7) is 1.41. The van der Waals surface area contributed by atoms with Crippen LogP contribution in [0.5, 0.6) is 6.01 Å². The Morgan fingerprint density at radius 3 is 2.60 bits per heavy atom. The number of aromatic nitrogens is 2. The molecule has 0 radical (unpaired) electrons. The van der Waals surface area contributed by atoms with Crippen LogP contribution in [0.25, 0.3) is 0 Å². The van der Waals surface area contributed by atoms with Crippen LogP contribution in [0.3, 0.4) is 0 Å². The first-order valence-corrected chi connectivity index (χ1v) is 7.29. The number of hydrogen-bond acceptors (Lipinski definition) is 6. The summed E-state index contributed by atoms with van der Waals surface area (Å²) in [6, 6.07) is 3.47. The van der Waals surface area contributed by atoms with Gasteiger partial charge < -0.3 is 10.6 Å². The third kappa shape index (κ3) is 5.15. The molecule has 0 aliphatic carbocycles. The number of ether oxygens (including phenoxy) is 1.